The van der Waals surface area contributed by atoms with Gasteiger partial charge in [0.25, 0.3) is 5.91 Å². The molecule has 0 bridgehead atoms. The van der Waals surface area contributed by atoms with Gasteiger partial charge in [0.15, 0.2) is 17.5 Å². The van der Waals surface area contributed by atoms with Crippen LogP contribution < -0.4 is 10.0 Å². The van der Waals surface area contributed by atoms with Crippen LogP contribution in [0.2, 0.25) is 0 Å². The van der Waals surface area contributed by atoms with Crippen LogP contribution >= 0.6 is 0 Å². The molecular formula is C18H16F4N2O4S. The van der Waals surface area contributed by atoms with Gasteiger partial charge in [-0.3, -0.25) is 4.79 Å². The highest BCUT2D eigenvalue weighted by molar-refractivity contribution is 7.89. The number of aliphatic hydroxyl groups is 1. The van der Waals surface area contributed by atoms with Crippen LogP contribution in [0.4, 0.5) is 23.2 Å². The molecule has 1 fully saturated rings. The summed E-state index contributed by atoms with van der Waals surface area (Å²) in [4.78, 5) is 11.5. The molecule has 29 heavy (non-hydrogen) atoms. The number of benzene rings is 2. The molecule has 1 aliphatic rings. The lowest BCUT2D eigenvalue weighted by molar-refractivity contribution is 0.102. The molecule has 2 unspecified atom stereocenters. The molecule has 2 aromatic carbocycles. The Labute approximate surface area is 163 Å². The van der Waals surface area contributed by atoms with Gasteiger partial charge >= 0.3 is 0 Å². The summed E-state index contributed by atoms with van der Waals surface area (Å²) >= 11 is 0. The first kappa shape index (κ1) is 21.2. The summed E-state index contributed by atoms with van der Waals surface area (Å²) in [5, 5.41) is 11.8. The highest BCUT2D eigenvalue weighted by Crippen LogP contribution is 2.24. The molecule has 0 aliphatic heterocycles. The van der Waals surface area contributed by atoms with Crippen LogP contribution in [0.3, 0.4) is 0 Å². The molecule has 0 radical (unpaired) electrons. The minimum Gasteiger partial charge on any atom is -0.391 e. The highest BCUT2D eigenvalue weighted by atomic mass is 32.2. The van der Waals surface area contributed by atoms with E-state index in [0.717, 1.165) is 18.2 Å². The van der Waals surface area contributed by atoms with Crippen molar-refractivity contribution in [2.75, 3.05) is 5.32 Å². The zero-order chi connectivity index (χ0) is 21.3. The zero-order valence-electron chi connectivity index (χ0n) is 14.8. The summed E-state index contributed by atoms with van der Waals surface area (Å²) in [7, 11) is -4.39. The predicted octanol–water partition coefficient (Wildman–Crippen LogP) is 2.69. The number of hydrogen-bond donors (Lipinski definition) is 3. The van der Waals surface area contributed by atoms with Crippen LogP contribution in [-0.4, -0.2) is 31.6 Å². The number of hydrogen-bond acceptors (Lipinski definition) is 4. The van der Waals surface area contributed by atoms with Gasteiger partial charge in [-0.25, -0.2) is 30.7 Å². The summed E-state index contributed by atoms with van der Waals surface area (Å²) in [6.45, 7) is 0. The van der Waals surface area contributed by atoms with E-state index >= 15 is 0 Å². The standard InChI is InChI=1S/C18H16F4N2O4S/c19-11-5-4-9(18(26)23-10-7-12(20)17(22)13(21)8-10)6-16(11)29(27,28)24-14-2-1-3-15(14)25/h4-8,14-15,24-25H,1-3H2,(H,23,26). The predicted molar refractivity (Wildman–Crippen MR) is 94.6 cm³/mol. The third kappa shape index (κ3) is 4.57. The van der Waals surface area contributed by atoms with Crippen LogP contribution in [0.25, 0.3) is 0 Å². The fraction of sp³-hybridized carbons (Fsp3) is 0.278. The molecule has 0 aromatic heterocycles. The Morgan fingerprint density at radius 2 is 1.66 bits per heavy atom. The Morgan fingerprint density at radius 1 is 1.00 bits per heavy atom. The number of aliphatic hydroxyl groups excluding tert-OH is 1. The van der Waals surface area contributed by atoms with Gasteiger partial charge in [-0.05, 0) is 37.5 Å². The monoisotopic (exact) mass is 432 g/mol. The van der Waals surface area contributed by atoms with Crippen LogP contribution in [0.5, 0.6) is 0 Å². The van der Waals surface area contributed by atoms with E-state index < -0.39 is 61.9 Å². The van der Waals surface area contributed by atoms with Crippen molar-refractivity contribution < 1.29 is 35.9 Å². The fourth-order valence-electron chi connectivity index (χ4n) is 3.02. The number of sulfonamides is 1. The van der Waals surface area contributed by atoms with Gasteiger partial charge in [-0.1, -0.05) is 0 Å². The number of anilines is 1. The van der Waals surface area contributed by atoms with E-state index in [2.05, 4.69) is 10.0 Å². The summed E-state index contributed by atoms with van der Waals surface area (Å²) in [5.74, 6) is -6.88. The molecule has 1 amide bonds. The lowest BCUT2D eigenvalue weighted by atomic mass is 10.2. The quantitative estimate of drug-likeness (QED) is 0.500. The van der Waals surface area contributed by atoms with Crippen molar-refractivity contribution in [2.24, 2.45) is 0 Å². The van der Waals surface area contributed by atoms with Crippen LogP contribution in [-0.2, 0) is 10.0 Å². The Bertz CT molecular complexity index is 1040. The normalized spacial score (nSPS) is 19.3. The van der Waals surface area contributed by atoms with Crippen molar-refractivity contribution in [1.82, 2.24) is 4.72 Å². The number of nitrogens with one attached hydrogen (secondary N) is 2. The van der Waals surface area contributed by atoms with E-state index in [1.54, 1.807) is 0 Å². The van der Waals surface area contributed by atoms with Crippen molar-refractivity contribution in [1.29, 1.82) is 0 Å². The summed E-state index contributed by atoms with van der Waals surface area (Å²) < 4.78 is 80.8. The van der Waals surface area contributed by atoms with E-state index in [1.807, 2.05) is 0 Å². The van der Waals surface area contributed by atoms with E-state index in [0.29, 0.717) is 31.4 Å². The van der Waals surface area contributed by atoms with Gasteiger partial charge in [-0.15, -0.1) is 0 Å². The second-order valence-electron chi connectivity index (χ2n) is 6.58. The molecule has 0 saturated heterocycles. The van der Waals surface area contributed by atoms with Gasteiger partial charge in [0.05, 0.1) is 6.10 Å². The molecule has 2 aromatic rings. The van der Waals surface area contributed by atoms with Gasteiger partial charge in [0.2, 0.25) is 10.0 Å². The average Bonchev–Trinajstić information content (AvgIpc) is 3.03. The maximum Gasteiger partial charge on any atom is 0.255 e. The molecule has 1 saturated carbocycles. The molecule has 2 atom stereocenters. The van der Waals surface area contributed by atoms with E-state index in [1.165, 1.54) is 0 Å². The van der Waals surface area contributed by atoms with Gasteiger partial charge in [0, 0.05) is 29.4 Å². The number of halogens is 4. The Kier molecular flexibility index (Phi) is 5.92. The van der Waals surface area contributed by atoms with Crippen LogP contribution in [0, 0.1) is 23.3 Å². The topological polar surface area (TPSA) is 95.5 Å². The van der Waals surface area contributed by atoms with Crippen molar-refractivity contribution in [3.63, 3.8) is 0 Å². The van der Waals surface area contributed by atoms with Crippen LogP contribution in [0.1, 0.15) is 29.6 Å². The Balaban J connectivity index is 1.85. The molecule has 6 nitrogen and oxygen atoms in total. The van der Waals surface area contributed by atoms with E-state index in [9.17, 15) is 35.9 Å². The first-order valence-corrected chi connectivity index (χ1v) is 10.0. The third-order valence-corrected chi connectivity index (χ3v) is 6.02. The number of rotatable bonds is 5. The minimum atomic E-state index is -4.39. The van der Waals surface area contributed by atoms with Crippen molar-refractivity contribution in [3.8, 4) is 0 Å². The smallest absolute Gasteiger partial charge is 0.255 e. The zero-order valence-corrected chi connectivity index (χ0v) is 15.6. The molecule has 3 rings (SSSR count). The first-order chi connectivity index (χ1) is 13.6. The second kappa shape index (κ2) is 8.09. The van der Waals surface area contributed by atoms with E-state index in [-0.39, 0.29) is 5.56 Å². The number of amides is 1. The average molecular weight is 432 g/mol. The molecule has 156 valence electrons. The largest absolute Gasteiger partial charge is 0.391 e. The van der Waals surface area contributed by atoms with Crippen molar-refractivity contribution in [2.45, 2.75) is 36.3 Å². The Hall–Kier alpha value is -2.50. The molecular weight excluding hydrogens is 416 g/mol. The fourth-order valence-corrected chi connectivity index (χ4v) is 4.43. The van der Waals surface area contributed by atoms with E-state index in [4.69, 9.17) is 0 Å². The first-order valence-electron chi connectivity index (χ1n) is 8.54. The summed E-state index contributed by atoms with van der Waals surface area (Å²) in [5.41, 5.74) is -0.726. The Morgan fingerprint density at radius 3 is 2.24 bits per heavy atom. The SMILES string of the molecule is O=C(Nc1cc(F)c(F)c(F)c1)c1ccc(F)c(S(=O)(=O)NC2CCCC2O)c1. The van der Waals surface area contributed by atoms with Gasteiger partial charge in [-0.2, -0.15) is 0 Å². The van der Waals surface area contributed by atoms with Crippen LogP contribution in [0.15, 0.2) is 35.2 Å². The number of carbonyl (C=O) groups excluding carboxylic acids is 1. The summed E-state index contributed by atoms with van der Waals surface area (Å²) in [6.07, 6.45) is 0.485. The van der Waals surface area contributed by atoms with Gasteiger partial charge < -0.3 is 10.4 Å². The minimum absolute atomic E-state index is 0.316. The van der Waals surface area contributed by atoms with Crippen molar-refractivity contribution in [3.05, 3.63) is 59.2 Å². The molecule has 11 heteroatoms. The number of carbonyl (C=O) groups is 1. The maximum atomic E-state index is 14.1. The lowest BCUT2D eigenvalue weighted by Crippen LogP contribution is -2.40. The molecule has 1 aliphatic carbocycles. The summed E-state index contributed by atoms with van der Waals surface area (Å²) in [6, 6.07) is 2.79. The molecule has 3 N–H and O–H groups in total. The molecule has 0 spiro atoms. The second-order valence-corrected chi connectivity index (χ2v) is 8.26. The van der Waals surface area contributed by atoms with Crippen molar-refractivity contribution >= 4 is 21.6 Å². The lowest BCUT2D eigenvalue weighted by Gasteiger charge is -2.17. The third-order valence-electron chi connectivity index (χ3n) is 4.51. The highest BCUT2D eigenvalue weighted by Gasteiger charge is 2.31. The maximum absolute atomic E-state index is 14.1. The molecule has 0 heterocycles. The van der Waals surface area contributed by atoms with Gasteiger partial charge in [0.1, 0.15) is 10.7 Å².